The average molecular weight is 883 g/mol. The molecular weight excluding hydrogens is 801 g/mol. The summed E-state index contributed by atoms with van der Waals surface area (Å²) < 4.78 is 52.6. The van der Waals surface area contributed by atoms with Crippen LogP contribution in [0.25, 0.3) is 45.0 Å². The highest BCUT2D eigenvalue weighted by atomic mass is 14.9. The molecule has 4 heterocycles. The summed E-state index contributed by atoms with van der Waals surface area (Å²) >= 11 is 0. The summed E-state index contributed by atoms with van der Waals surface area (Å²) in [6.07, 6.45) is 9.44. The van der Waals surface area contributed by atoms with E-state index in [0.717, 1.165) is 45.6 Å². The van der Waals surface area contributed by atoms with Gasteiger partial charge >= 0.3 is 0 Å². The number of hydrogen-bond acceptors (Lipinski definition) is 0. The van der Waals surface area contributed by atoms with Crippen molar-refractivity contribution in [2.75, 3.05) is 0 Å². The quantitative estimate of drug-likeness (QED) is 0.135. The van der Waals surface area contributed by atoms with Crippen LogP contribution in [0.4, 0.5) is 0 Å². The van der Waals surface area contributed by atoms with Crippen LogP contribution >= 0.6 is 0 Å². The average Bonchev–Trinajstić information content (AvgIpc) is 3.30. The number of aromatic nitrogens is 4. The Morgan fingerprint density at radius 3 is 1.15 bits per heavy atom. The molecule has 0 saturated carbocycles. The fourth-order valence-corrected chi connectivity index (χ4v) is 8.23. The van der Waals surface area contributed by atoms with Gasteiger partial charge in [0.1, 0.15) is 28.2 Å². The molecule has 8 rings (SSSR count). The number of hydrogen-bond donors (Lipinski definition) is 0. The molecule has 0 fully saturated rings. The topological polar surface area (TPSA) is 15.5 Å². The third-order valence-electron chi connectivity index (χ3n) is 11.9. The molecule has 4 aromatic carbocycles. The zero-order valence-electron chi connectivity index (χ0n) is 47.5. The fourth-order valence-electron chi connectivity index (χ4n) is 8.23. The van der Waals surface area contributed by atoms with Crippen LogP contribution in [0.15, 0.2) is 170 Å². The van der Waals surface area contributed by atoms with Gasteiger partial charge in [-0.15, -0.1) is 0 Å². The van der Waals surface area contributed by atoms with Crippen molar-refractivity contribution < 1.29 is 26.5 Å². The number of pyridine rings is 4. The first-order valence-corrected chi connectivity index (χ1v) is 23.1. The number of benzene rings is 4. The maximum Gasteiger partial charge on any atom is 0.212 e. The van der Waals surface area contributed by atoms with Gasteiger partial charge in [0.15, 0.2) is 24.8 Å². The fraction of sp³-hybridized carbons (Fsp3) is 0.290. The smallest absolute Gasteiger partial charge is 0.201 e. The van der Waals surface area contributed by atoms with Gasteiger partial charge in [0.25, 0.3) is 0 Å². The number of aryl methyl sites for hydroxylation is 10. The first-order chi connectivity index (χ1) is 33.9. The molecule has 0 aliphatic heterocycles. The summed E-state index contributed by atoms with van der Waals surface area (Å²) in [5.74, 6) is 1.30. The van der Waals surface area contributed by atoms with Crippen LogP contribution < -0.4 is 18.3 Å². The van der Waals surface area contributed by atoms with E-state index in [9.17, 15) is 0 Å². The van der Waals surface area contributed by atoms with Crippen LogP contribution in [0.5, 0.6) is 0 Å². The van der Waals surface area contributed by atoms with Gasteiger partial charge in [-0.25, -0.2) is 18.3 Å². The van der Waals surface area contributed by atoms with Crippen LogP contribution in [-0.2, 0) is 41.0 Å². The summed E-state index contributed by atoms with van der Waals surface area (Å²) in [6, 6.07) is 49.5. The molecule has 0 radical (unpaired) electrons. The van der Waals surface area contributed by atoms with Crippen molar-refractivity contribution in [3.8, 4) is 45.0 Å². The molecule has 4 aromatic heterocycles. The van der Waals surface area contributed by atoms with E-state index >= 15 is 0 Å². The second-order valence-electron chi connectivity index (χ2n) is 18.1. The Bertz CT molecular complexity index is 3060. The summed E-state index contributed by atoms with van der Waals surface area (Å²) in [7, 11) is 8.17. The molecule has 8 aromatic rings. The second kappa shape index (κ2) is 24.1. The predicted molar refractivity (Wildman–Crippen MR) is 278 cm³/mol. The lowest BCUT2D eigenvalue weighted by Gasteiger charge is -2.09. The van der Waals surface area contributed by atoms with Crippen molar-refractivity contribution in [2.45, 2.75) is 87.9 Å². The molecule has 4 heteroatoms. The third kappa shape index (κ3) is 13.7. The van der Waals surface area contributed by atoms with E-state index in [4.69, 9.17) is 8.22 Å². The van der Waals surface area contributed by atoms with Crippen LogP contribution in [0, 0.1) is 40.5 Å². The van der Waals surface area contributed by atoms with Gasteiger partial charge in [0.2, 0.25) is 22.8 Å². The van der Waals surface area contributed by atoms with E-state index in [2.05, 4.69) is 161 Å². The highest BCUT2D eigenvalue weighted by Gasteiger charge is 2.15. The van der Waals surface area contributed by atoms with E-state index in [1.807, 2.05) is 99.5 Å². The van der Waals surface area contributed by atoms with E-state index in [1.165, 1.54) is 44.8 Å². The van der Waals surface area contributed by atoms with Crippen molar-refractivity contribution in [1.29, 1.82) is 0 Å². The Balaban J connectivity index is 0.000000178. The van der Waals surface area contributed by atoms with Gasteiger partial charge in [-0.3, -0.25) is 0 Å². The summed E-state index contributed by atoms with van der Waals surface area (Å²) in [4.78, 5) is 0. The van der Waals surface area contributed by atoms with Crippen LogP contribution in [0.2, 0.25) is 0 Å². The van der Waals surface area contributed by atoms with E-state index in [1.54, 1.807) is 12.1 Å². The van der Waals surface area contributed by atoms with Crippen LogP contribution in [-0.4, -0.2) is 0 Å². The zero-order chi connectivity index (χ0) is 52.9. The monoisotopic (exact) mass is 883 g/mol. The lowest BCUT2D eigenvalue weighted by atomic mass is 9.96. The molecule has 340 valence electrons. The van der Waals surface area contributed by atoms with Gasteiger partial charge in [0, 0.05) is 79.0 Å². The van der Waals surface area contributed by atoms with Crippen molar-refractivity contribution >= 4 is 0 Å². The van der Waals surface area contributed by atoms with Gasteiger partial charge in [0.05, 0.1) is 0 Å². The maximum atomic E-state index is 7.42. The summed E-state index contributed by atoms with van der Waals surface area (Å²) in [6.45, 7) is 13.4. The Hall–Kier alpha value is -6.52. The number of nitrogens with zero attached hydrogens (tertiary/aromatic N) is 4. The Labute approximate surface area is 407 Å². The van der Waals surface area contributed by atoms with Gasteiger partial charge in [-0.05, 0) is 147 Å². The predicted octanol–water partition coefficient (Wildman–Crippen LogP) is 13.1. The zero-order valence-corrected chi connectivity index (χ0v) is 41.5. The first-order valence-electron chi connectivity index (χ1n) is 26.1. The molecule has 0 aliphatic carbocycles. The second-order valence-corrected chi connectivity index (χ2v) is 18.1. The van der Waals surface area contributed by atoms with Gasteiger partial charge < -0.3 is 0 Å². The van der Waals surface area contributed by atoms with E-state index < -0.39 is 13.7 Å². The number of rotatable bonds is 8. The molecule has 0 aliphatic rings. The van der Waals surface area contributed by atoms with Gasteiger partial charge in [-0.2, -0.15) is 0 Å². The Morgan fingerprint density at radius 2 is 0.803 bits per heavy atom. The molecule has 0 saturated heterocycles. The standard InChI is InChI=1S/C17H22N.C16H20N.C15H18N.C14H16N/c1-13(2)11-15-8-9-16(14(3)12-15)17-7-5-6-10-18(17)4;1-12(2)14-8-9-15(13(3)11-14)16-7-5-6-10-17(16)4;1-4-13-8-9-14(12(2)11-13)15-7-5-6-10-16(15)3;1-11-7-8-13(12(2)10-11)14-6-4-5-9-15(14)3/h5-10,12-13H,11H2,1-4H3;5-12H,1-4H3;5-11H,4H2,1-3H3;4-10H,1-3H3/q4*+1/i;;2*1D3. The Morgan fingerprint density at radius 1 is 0.424 bits per heavy atom. The highest BCUT2D eigenvalue weighted by molar-refractivity contribution is 5.64. The van der Waals surface area contributed by atoms with Crippen molar-refractivity contribution in [1.82, 2.24) is 0 Å². The minimum Gasteiger partial charge on any atom is -0.201 e. The first kappa shape index (κ1) is 42.1. The molecule has 0 spiro atoms. The third-order valence-corrected chi connectivity index (χ3v) is 11.9. The van der Waals surface area contributed by atoms with E-state index in [0.29, 0.717) is 17.4 Å². The maximum absolute atomic E-state index is 7.42. The van der Waals surface area contributed by atoms with Crippen molar-refractivity contribution in [2.24, 2.45) is 34.1 Å². The largest absolute Gasteiger partial charge is 0.212 e. The molecular formula is C62H76N4+4. The molecule has 0 atom stereocenters. The highest BCUT2D eigenvalue weighted by Crippen LogP contribution is 2.26. The minimum atomic E-state index is -2.04. The molecule has 0 bridgehead atoms. The van der Waals surface area contributed by atoms with Crippen molar-refractivity contribution in [3.63, 3.8) is 0 Å². The molecule has 0 N–H and O–H groups in total. The normalized spacial score (nSPS) is 12.4. The summed E-state index contributed by atoms with van der Waals surface area (Å²) in [5, 5.41) is 0. The molecule has 0 unspecified atom stereocenters. The van der Waals surface area contributed by atoms with Crippen LogP contribution in [0.3, 0.4) is 0 Å². The van der Waals surface area contributed by atoms with Gasteiger partial charge in [-0.1, -0.05) is 88.6 Å². The lowest BCUT2D eigenvalue weighted by Crippen LogP contribution is -2.30. The van der Waals surface area contributed by atoms with E-state index in [-0.39, 0.29) is 6.42 Å². The molecule has 4 nitrogen and oxygen atoms in total. The van der Waals surface area contributed by atoms with Crippen molar-refractivity contribution in [3.05, 3.63) is 215 Å². The van der Waals surface area contributed by atoms with Crippen LogP contribution in [0.1, 0.15) is 93.2 Å². The lowest BCUT2D eigenvalue weighted by molar-refractivity contribution is -0.660. The summed E-state index contributed by atoms with van der Waals surface area (Å²) in [5.41, 5.74) is 18.4. The minimum absolute atomic E-state index is 0.120. The molecule has 66 heavy (non-hydrogen) atoms. The SMILES string of the molecule is Cc1cc(C(C)C)ccc1-c1cccc[n+]1C.Cc1cc(CC(C)C)ccc1-c1cccc[n+]1C.[2H]C([2H])([2H])Cc1ccc(-c2cccc[n+]2C)c(C)c1.[2H]C([2H])([2H])c1ccc(-c2cccc[n+]2C)c(C)c1. The molecule has 0 amide bonds. The Kier molecular flexibility index (Phi) is 15.4.